The van der Waals surface area contributed by atoms with E-state index in [1.165, 1.54) is 13.0 Å². The molecule has 0 radical (unpaired) electrons. The van der Waals surface area contributed by atoms with Gasteiger partial charge in [0.05, 0.1) is 15.7 Å². The Morgan fingerprint density at radius 2 is 1.81 bits per heavy atom. The molecule has 0 atom stereocenters. The molecule has 1 aromatic carbocycles. The molecule has 1 N–H and O–H groups in total. The third kappa shape index (κ3) is 3.66. The van der Waals surface area contributed by atoms with Gasteiger partial charge in [0.25, 0.3) is 21.0 Å². The van der Waals surface area contributed by atoms with E-state index in [1.807, 2.05) is 0 Å². The van der Waals surface area contributed by atoms with Crippen LogP contribution in [0.1, 0.15) is 17.0 Å². The van der Waals surface area contributed by atoms with E-state index in [0.717, 1.165) is 10.6 Å². The number of aryl methyl sites for hydroxylation is 2. The number of sulfonamides is 1. The zero-order valence-electron chi connectivity index (χ0n) is 13.6. The minimum atomic E-state index is -4.71. The quantitative estimate of drug-likeness (QED) is 0.668. The smallest absolute Gasteiger partial charge is 0.274 e. The molecular formula is C14H10Cl2F3N5O2S. The Kier molecular flexibility index (Phi) is 4.73. The highest BCUT2D eigenvalue weighted by Crippen LogP contribution is 2.34. The van der Waals surface area contributed by atoms with Crippen molar-refractivity contribution in [3.63, 3.8) is 0 Å². The number of fused-ring (bicyclic) bond motifs is 1. The van der Waals surface area contributed by atoms with E-state index in [4.69, 9.17) is 23.2 Å². The molecule has 2 aromatic heterocycles. The summed E-state index contributed by atoms with van der Waals surface area (Å²) in [5, 5.41) is 3.06. The number of rotatable bonds is 3. The molecule has 0 aliphatic rings. The Balaban J connectivity index is 2.09. The maximum atomic E-state index is 12.9. The molecule has 0 aliphatic carbocycles. The second-order valence-corrected chi connectivity index (χ2v) is 7.91. The Bertz CT molecular complexity index is 1160. The summed E-state index contributed by atoms with van der Waals surface area (Å²) >= 11 is 12.0. The van der Waals surface area contributed by atoms with Crippen molar-refractivity contribution in [3.05, 3.63) is 45.2 Å². The maximum Gasteiger partial charge on any atom is 0.433 e. The summed E-state index contributed by atoms with van der Waals surface area (Å²) in [6, 6.07) is 3.77. The fourth-order valence-electron chi connectivity index (χ4n) is 2.18. The molecule has 0 aliphatic heterocycles. The molecule has 13 heteroatoms. The van der Waals surface area contributed by atoms with E-state index in [2.05, 4.69) is 19.8 Å². The normalized spacial score (nSPS) is 12.6. The van der Waals surface area contributed by atoms with Crippen molar-refractivity contribution >= 4 is 44.7 Å². The fraction of sp³-hybridized carbons (Fsp3) is 0.214. The van der Waals surface area contributed by atoms with Gasteiger partial charge in [-0.15, -0.1) is 5.10 Å². The third-order valence-corrected chi connectivity index (χ3v) is 5.45. The van der Waals surface area contributed by atoms with Gasteiger partial charge in [-0.3, -0.25) is 4.72 Å². The molecule has 7 nitrogen and oxygen atoms in total. The molecule has 3 rings (SSSR count). The zero-order chi connectivity index (χ0) is 20.1. The highest BCUT2D eigenvalue weighted by atomic mass is 35.5. The molecule has 0 fully saturated rings. The maximum absolute atomic E-state index is 12.9. The predicted molar refractivity (Wildman–Crippen MR) is 92.5 cm³/mol. The number of anilines is 1. The first-order chi connectivity index (χ1) is 12.4. The number of hydrogen-bond acceptors (Lipinski definition) is 5. The number of benzene rings is 1. The van der Waals surface area contributed by atoms with Gasteiger partial charge in [0.15, 0.2) is 0 Å². The Morgan fingerprint density at radius 1 is 1.15 bits per heavy atom. The van der Waals surface area contributed by atoms with Crippen LogP contribution in [0.15, 0.2) is 23.4 Å². The van der Waals surface area contributed by atoms with Crippen molar-refractivity contribution in [1.82, 2.24) is 19.6 Å². The highest BCUT2D eigenvalue weighted by molar-refractivity contribution is 7.92. The standard InChI is InChI=1S/C14H10Cl2F3N5O2S/c1-6-3-4-8(15)11(10(6)16)23-27(25,26)13-21-12-20-9(14(17,18)19)5-7(2)24(12)22-13/h3-5,23H,1-2H3. The lowest BCUT2D eigenvalue weighted by Crippen LogP contribution is -2.15. The summed E-state index contributed by atoms with van der Waals surface area (Å²) in [6.45, 7) is 2.96. The minimum absolute atomic E-state index is 0.00731. The summed E-state index contributed by atoms with van der Waals surface area (Å²) in [6.07, 6.45) is -4.71. The Labute approximate surface area is 161 Å². The molecule has 27 heavy (non-hydrogen) atoms. The van der Waals surface area contributed by atoms with Crippen molar-refractivity contribution in [2.75, 3.05) is 4.72 Å². The van der Waals surface area contributed by atoms with Crippen LogP contribution in [0.25, 0.3) is 5.78 Å². The molecule has 144 valence electrons. The van der Waals surface area contributed by atoms with Gasteiger partial charge in [-0.05, 0) is 31.5 Å². The van der Waals surface area contributed by atoms with Gasteiger partial charge in [0.2, 0.25) is 0 Å². The summed E-state index contributed by atoms with van der Waals surface area (Å²) in [5.41, 5.74) is -0.721. The zero-order valence-corrected chi connectivity index (χ0v) is 16.0. The SMILES string of the molecule is Cc1ccc(Cl)c(NS(=O)(=O)c2nc3nc(C(F)(F)F)cc(C)n3n2)c1Cl. The molecule has 0 spiro atoms. The minimum Gasteiger partial charge on any atom is -0.274 e. The fourth-order valence-corrected chi connectivity index (χ4v) is 3.72. The van der Waals surface area contributed by atoms with E-state index in [0.29, 0.717) is 5.56 Å². The topological polar surface area (TPSA) is 89.2 Å². The van der Waals surface area contributed by atoms with Crippen LogP contribution in [0.3, 0.4) is 0 Å². The van der Waals surface area contributed by atoms with Crippen LogP contribution in [0.2, 0.25) is 10.0 Å². The first-order valence-electron chi connectivity index (χ1n) is 7.19. The lowest BCUT2D eigenvalue weighted by Gasteiger charge is -2.10. The van der Waals surface area contributed by atoms with Gasteiger partial charge < -0.3 is 0 Å². The lowest BCUT2D eigenvalue weighted by atomic mass is 10.2. The summed E-state index contributed by atoms with van der Waals surface area (Å²) < 4.78 is 66.8. The van der Waals surface area contributed by atoms with Gasteiger partial charge in [0, 0.05) is 5.69 Å². The van der Waals surface area contributed by atoms with Crippen LogP contribution in [0.4, 0.5) is 18.9 Å². The highest BCUT2D eigenvalue weighted by Gasteiger charge is 2.34. The monoisotopic (exact) mass is 439 g/mol. The van der Waals surface area contributed by atoms with E-state index in [9.17, 15) is 21.6 Å². The van der Waals surface area contributed by atoms with Gasteiger partial charge >= 0.3 is 6.18 Å². The second kappa shape index (κ2) is 6.50. The average Bonchev–Trinajstić information content (AvgIpc) is 3.00. The first kappa shape index (κ1) is 19.6. The molecule has 0 unspecified atom stereocenters. The van der Waals surface area contributed by atoms with Crippen molar-refractivity contribution in [2.24, 2.45) is 0 Å². The first-order valence-corrected chi connectivity index (χ1v) is 9.43. The van der Waals surface area contributed by atoms with E-state index in [1.54, 1.807) is 13.0 Å². The van der Waals surface area contributed by atoms with Crippen LogP contribution >= 0.6 is 23.2 Å². The third-order valence-electron chi connectivity index (χ3n) is 3.52. The summed E-state index contributed by atoms with van der Waals surface area (Å²) in [4.78, 5) is 6.92. The second-order valence-electron chi connectivity index (χ2n) is 5.55. The van der Waals surface area contributed by atoms with Crippen molar-refractivity contribution < 1.29 is 21.6 Å². The van der Waals surface area contributed by atoms with E-state index >= 15 is 0 Å². The van der Waals surface area contributed by atoms with Gasteiger partial charge in [-0.1, -0.05) is 29.3 Å². The molecule has 0 amide bonds. The Morgan fingerprint density at radius 3 is 2.44 bits per heavy atom. The van der Waals surface area contributed by atoms with Gasteiger partial charge in [-0.25, -0.2) is 9.50 Å². The molecule has 0 saturated carbocycles. The summed E-state index contributed by atoms with van der Waals surface area (Å²) in [7, 11) is -4.39. The number of halogens is 5. The molecule has 2 heterocycles. The van der Waals surface area contributed by atoms with Gasteiger partial charge in [0.1, 0.15) is 5.69 Å². The number of nitrogens with zero attached hydrogens (tertiary/aromatic N) is 4. The van der Waals surface area contributed by atoms with Gasteiger partial charge in [-0.2, -0.15) is 26.6 Å². The number of aromatic nitrogens is 4. The number of alkyl halides is 3. The average molecular weight is 440 g/mol. The molecule has 0 saturated heterocycles. The van der Waals surface area contributed by atoms with E-state index < -0.39 is 32.8 Å². The molecule has 0 bridgehead atoms. The predicted octanol–water partition coefficient (Wildman–Crippen LogP) is 3.87. The van der Waals surface area contributed by atoms with Crippen molar-refractivity contribution in [1.29, 1.82) is 0 Å². The van der Waals surface area contributed by atoms with Crippen molar-refractivity contribution in [3.8, 4) is 0 Å². The Hall–Kier alpha value is -2.11. The van der Waals surface area contributed by atoms with Crippen LogP contribution in [0.5, 0.6) is 0 Å². The summed E-state index contributed by atoms with van der Waals surface area (Å²) in [5.74, 6) is -0.510. The number of nitrogens with one attached hydrogen (secondary N) is 1. The van der Waals surface area contributed by atoms with Crippen molar-refractivity contribution in [2.45, 2.75) is 25.2 Å². The lowest BCUT2D eigenvalue weighted by molar-refractivity contribution is -0.141. The van der Waals surface area contributed by atoms with Crippen LogP contribution < -0.4 is 4.72 Å². The molecular weight excluding hydrogens is 430 g/mol. The van der Waals surface area contributed by atoms with Crippen LogP contribution in [0, 0.1) is 13.8 Å². The van der Waals surface area contributed by atoms with E-state index in [-0.39, 0.29) is 21.4 Å². The van der Waals surface area contributed by atoms with Crippen LogP contribution in [-0.2, 0) is 16.2 Å². The molecule has 3 aromatic rings. The largest absolute Gasteiger partial charge is 0.433 e. The van der Waals surface area contributed by atoms with Crippen LogP contribution in [-0.4, -0.2) is 28.0 Å². The number of hydrogen-bond donors (Lipinski definition) is 1.